The standard InChI is InChI=1S/C22H27N3O/c1-4-17-5-9-19(10-6-17)22(16(2)3)24-15-21(26)25-20-11-7-18(8-12-20)13-14-23/h5-12,16,22,24H,4,13,15H2,1-3H3,(H,25,26)/t22-/m1/s1. The van der Waals surface area contributed by atoms with Crippen LogP contribution in [-0.2, 0) is 17.6 Å². The number of nitriles is 1. The Morgan fingerprint density at radius 2 is 1.65 bits per heavy atom. The van der Waals surface area contributed by atoms with Crippen LogP contribution in [0.4, 0.5) is 5.69 Å². The molecule has 0 fully saturated rings. The molecule has 2 N–H and O–H groups in total. The summed E-state index contributed by atoms with van der Waals surface area (Å²) >= 11 is 0. The fourth-order valence-corrected chi connectivity index (χ4v) is 2.90. The minimum atomic E-state index is -0.0751. The molecular weight excluding hydrogens is 322 g/mol. The van der Waals surface area contributed by atoms with Crippen LogP contribution in [0.1, 0.15) is 43.5 Å². The van der Waals surface area contributed by atoms with Gasteiger partial charge in [0.1, 0.15) is 0 Å². The van der Waals surface area contributed by atoms with E-state index in [2.05, 4.69) is 61.7 Å². The van der Waals surface area contributed by atoms with Gasteiger partial charge in [-0.05, 0) is 41.2 Å². The summed E-state index contributed by atoms with van der Waals surface area (Å²) in [6, 6.07) is 18.2. The van der Waals surface area contributed by atoms with Gasteiger partial charge in [-0.2, -0.15) is 5.26 Å². The van der Waals surface area contributed by atoms with Crippen molar-refractivity contribution in [2.45, 2.75) is 39.7 Å². The summed E-state index contributed by atoms with van der Waals surface area (Å²) in [6.07, 6.45) is 1.40. The van der Waals surface area contributed by atoms with E-state index in [0.29, 0.717) is 12.3 Å². The minimum absolute atomic E-state index is 0.0751. The maximum atomic E-state index is 12.3. The van der Waals surface area contributed by atoms with Crippen molar-refractivity contribution >= 4 is 11.6 Å². The molecule has 0 aliphatic carbocycles. The zero-order valence-electron chi connectivity index (χ0n) is 15.8. The molecule has 0 radical (unpaired) electrons. The number of nitrogens with zero attached hydrogens (tertiary/aromatic N) is 1. The fraction of sp³-hybridized carbons (Fsp3) is 0.364. The predicted molar refractivity (Wildman–Crippen MR) is 106 cm³/mol. The Kier molecular flexibility index (Phi) is 7.37. The number of nitrogens with one attached hydrogen (secondary N) is 2. The van der Waals surface area contributed by atoms with Gasteiger partial charge in [0.25, 0.3) is 0 Å². The molecule has 2 aromatic carbocycles. The first-order chi connectivity index (χ1) is 12.5. The zero-order chi connectivity index (χ0) is 18.9. The first kappa shape index (κ1) is 19.7. The van der Waals surface area contributed by atoms with Crippen molar-refractivity contribution in [1.29, 1.82) is 5.26 Å². The minimum Gasteiger partial charge on any atom is -0.325 e. The maximum Gasteiger partial charge on any atom is 0.238 e. The lowest BCUT2D eigenvalue weighted by atomic mass is 9.95. The quantitative estimate of drug-likeness (QED) is 0.749. The summed E-state index contributed by atoms with van der Waals surface area (Å²) < 4.78 is 0. The lowest BCUT2D eigenvalue weighted by molar-refractivity contribution is -0.115. The largest absolute Gasteiger partial charge is 0.325 e. The number of benzene rings is 2. The highest BCUT2D eigenvalue weighted by atomic mass is 16.1. The van der Waals surface area contributed by atoms with Gasteiger partial charge in [0.05, 0.1) is 19.0 Å². The van der Waals surface area contributed by atoms with Gasteiger partial charge in [-0.15, -0.1) is 0 Å². The van der Waals surface area contributed by atoms with Crippen LogP contribution in [0.2, 0.25) is 0 Å². The van der Waals surface area contributed by atoms with Crippen LogP contribution in [0.5, 0.6) is 0 Å². The number of aryl methyl sites for hydroxylation is 1. The third kappa shape index (κ3) is 5.72. The van der Waals surface area contributed by atoms with Crippen molar-refractivity contribution < 1.29 is 4.79 Å². The summed E-state index contributed by atoms with van der Waals surface area (Å²) in [7, 11) is 0. The van der Waals surface area contributed by atoms with E-state index in [-0.39, 0.29) is 18.5 Å². The molecule has 2 aromatic rings. The molecule has 0 saturated carbocycles. The van der Waals surface area contributed by atoms with E-state index in [9.17, 15) is 4.79 Å². The van der Waals surface area contributed by atoms with E-state index in [0.717, 1.165) is 17.7 Å². The van der Waals surface area contributed by atoms with Crippen LogP contribution >= 0.6 is 0 Å². The summed E-state index contributed by atoms with van der Waals surface area (Å²) in [5.41, 5.74) is 4.20. The summed E-state index contributed by atoms with van der Waals surface area (Å²) in [5.74, 6) is 0.300. The van der Waals surface area contributed by atoms with Crippen LogP contribution in [-0.4, -0.2) is 12.5 Å². The summed E-state index contributed by atoms with van der Waals surface area (Å²) in [5, 5.41) is 15.0. The molecule has 0 aliphatic heterocycles. The normalized spacial score (nSPS) is 11.8. The predicted octanol–water partition coefficient (Wildman–Crippen LogP) is 4.24. The van der Waals surface area contributed by atoms with Gasteiger partial charge in [0.15, 0.2) is 0 Å². The highest BCUT2D eigenvalue weighted by molar-refractivity contribution is 5.92. The molecule has 0 spiro atoms. The maximum absolute atomic E-state index is 12.3. The van der Waals surface area contributed by atoms with Crippen molar-refractivity contribution in [1.82, 2.24) is 5.32 Å². The number of hydrogen-bond donors (Lipinski definition) is 2. The Morgan fingerprint density at radius 3 is 2.19 bits per heavy atom. The number of carbonyl (C=O) groups is 1. The fourth-order valence-electron chi connectivity index (χ4n) is 2.90. The lowest BCUT2D eigenvalue weighted by Gasteiger charge is -2.23. The number of amides is 1. The second-order valence-electron chi connectivity index (χ2n) is 6.78. The van der Waals surface area contributed by atoms with Gasteiger partial charge >= 0.3 is 0 Å². The Balaban J connectivity index is 1.93. The molecule has 0 aromatic heterocycles. The Labute approximate surface area is 156 Å². The second-order valence-corrected chi connectivity index (χ2v) is 6.78. The second kappa shape index (κ2) is 9.74. The van der Waals surface area contributed by atoms with Gasteiger partial charge in [0, 0.05) is 11.7 Å². The zero-order valence-corrected chi connectivity index (χ0v) is 15.8. The highest BCUT2D eigenvalue weighted by Gasteiger charge is 2.16. The van der Waals surface area contributed by atoms with Crippen LogP contribution < -0.4 is 10.6 Å². The molecule has 4 nitrogen and oxygen atoms in total. The average Bonchev–Trinajstić information content (AvgIpc) is 2.64. The Morgan fingerprint density at radius 1 is 1.04 bits per heavy atom. The number of hydrogen-bond acceptors (Lipinski definition) is 3. The molecule has 0 heterocycles. The summed E-state index contributed by atoms with van der Waals surface area (Å²) in [4.78, 5) is 12.3. The van der Waals surface area contributed by atoms with Gasteiger partial charge < -0.3 is 10.6 Å². The summed E-state index contributed by atoms with van der Waals surface area (Å²) in [6.45, 7) is 6.69. The van der Waals surface area contributed by atoms with Crippen molar-refractivity contribution in [3.05, 3.63) is 65.2 Å². The molecule has 1 amide bonds. The first-order valence-corrected chi connectivity index (χ1v) is 9.11. The molecule has 4 heteroatoms. The van der Waals surface area contributed by atoms with Crippen LogP contribution in [0.15, 0.2) is 48.5 Å². The van der Waals surface area contributed by atoms with E-state index in [1.807, 2.05) is 24.3 Å². The van der Waals surface area contributed by atoms with E-state index in [1.165, 1.54) is 11.1 Å². The number of rotatable bonds is 8. The molecule has 0 unspecified atom stereocenters. The SMILES string of the molecule is CCc1ccc([C@H](NCC(=O)Nc2ccc(CC#N)cc2)C(C)C)cc1. The highest BCUT2D eigenvalue weighted by Crippen LogP contribution is 2.22. The van der Waals surface area contributed by atoms with E-state index < -0.39 is 0 Å². The van der Waals surface area contributed by atoms with Crippen molar-refractivity contribution in [2.24, 2.45) is 5.92 Å². The Bertz CT molecular complexity index is 742. The lowest BCUT2D eigenvalue weighted by Crippen LogP contribution is -2.33. The van der Waals surface area contributed by atoms with Crippen LogP contribution in [0.25, 0.3) is 0 Å². The monoisotopic (exact) mass is 349 g/mol. The molecular formula is C22H27N3O. The molecule has 26 heavy (non-hydrogen) atoms. The molecule has 136 valence electrons. The average molecular weight is 349 g/mol. The van der Waals surface area contributed by atoms with Crippen LogP contribution in [0, 0.1) is 17.2 Å². The third-order valence-electron chi connectivity index (χ3n) is 4.42. The van der Waals surface area contributed by atoms with Crippen LogP contribution in [0.3, 0.4) is 0 Å². The van der Waals surface area contributed by atoms with Crippen molar-refractivity contribution in [2.75, 3.05) is 11.9 Å². The molecule has 2 rings (SSSR count). The number of anilines is 1. The van der Waals surface area contributed by atoms with E-state index in [4.69, 9.17) is 5.26 Å². The molecule has 0 aliphatic rings. The van der Waals surface area contributed by atoms with Gasteiger partial charge in [-0.3, -0.25) is 4.79 Å². The molecule has 0 bridgehead atoms. The van der Waals surface area contributed by atoms with Gasteiger partial charge in [-0.25, -0.2) is 0 Å². The van der Waals surface area contributed by atoms with Gasteiger partial charge in [-0.1, -0.05) is 57.2 Å². The van der Waals surface area contributed by atoms with Gasteiger partial charge in [0.2, 0.25) is 5.91 Å². The molecule has 1 atom stereocenters. The third-order valence-corrected chi connectivity index (χ3v) is 4.42. The Hall–Kier alpha value is -2.64. The smallest absolute Gasteiger partial charge is 0.238 e. The van der Waals surface area contributed by atoms with E-state index in [1.54, 1.807) is 0 Å². The topological polar surface area (TPSA) is 64.9 Å². The van der Waals surface area contributed by atoms with Crippen molar-refractivity contribution in [3.8, 4) is 6.07 Å². The van der Waals surface area contributed by atoms with E-state index >= 15 is 0 Å². The number of carbonyl (C=O) groups excluding carboxylic acids is 1. The first-order valence-electron chi connectivity index (χ1n) is 9.11. The van der Waals surface area contributed by atoms with Crippen molar-refractivity contribution in [3.63, 3.8) is 0 Å². The molecule has 0 saturated heterocycles.